The Morgan fingerprint density at radius 3 is 2.80 bits per heavy atom. The first-order valence-electron chi connectivity index (χ1n) is 4.52. The zero-order chi connectivity index (χ0) is 11.3. The summed E-state index contributed by atoms with van der Waals surface area (Å²) in [6.45, 7) is 0.442. The van der Waals surface area contributed by atoms with Crippen LogP contribution in [0.2, 0.25) is 0 Å². The topological polar surface area (TPSA) is 69.6 Å². The maximum absolute atomic E-state index is 11.5. The molecule has 4 nitrogen and oxygen atoms in total. The van der Waals surface area contributed by atoms with E-state index in [4.69, 9.17) is 16.7 Å². The van der Waals surface area contributed by atoms with Crippen molar-refractivity contribution < 1.29 is 15.0 Å². The molecule has 1 aromatic rings. The molecule has 0 aliphatic heterocycles. The van der Waals surface area contributed by atoms with Crippen molar-refractivity contribution in [3.05, 3.63) is 23.8 Å². The van der Waals surface area contributed by atoms with E-state index in [0.29, 0.717) is 18.8 Å². The van der Waals surface area contributed by atoms with Crippen LogP contribution < -0.4 is 5.32 Å². The van der Waals surface area contributed by atoms with Crippen LogP contribution in [0.3, 0.4) is 0 Å². The van der Waals surface area contributed by atoms with Crippen molar-refractivity contribution in [1.29, 1.82) is 0 Å². The van der Waals surface area contributed by atoms with E-state index in [-0.39, 0.29) is 11.3 Å². The number of hydrogen-bond donors (Lipinski definition) is 3. The Kier molecular flexibility index (Phi) is 4.24. The molecule has 5 heteroatoms. The monoisotopic (exact) mass is 229 g/mol. The minimum Gasteiger partial charge on any atom is -0.504 e. The fourth-order valence-corrected chi connectivity index (χ4v) is 1.21. The van der Waals surface area contributed by atoms with E-state index in [2.05, 4.69) is 5.32 Å². The van der Waals surface area contributed by atoms with Crippen molar-refractivity contribution in [2.75, 3.05) is 12.4 Å². The number of phenols is 2. The minimum atomic E-state index is -0.423. The molecule has 15 heavy (non-hydrogen) atoms. The molecular formula is C10H12ClNO3. The first-order valence-corrected chi connectivity index (χ1v) is 5.05. The second-order valence-corrected chi connectivity index (χ2v) is 3.35. The Balaban J connectivity index is 2.69. The van der Waals surface area contributed by atoms with Gasteiger partial charge < -0.3 is 15.5 Å². The molecule has 0 heterocycles. The molecule has 0 unspecified atom stereocenters. The Bertz CT molecular complexity index is 355. The van der Waals surface area contributed by atoms with Crippen LogP contribution in [0.1, 0.15) is 16.8 Å². The number of phenolic OH excluding ortho intramolecular Hbond substituents is 2. The molecule has 0 aromatic heterocycles. The number of rotatable bonds is 4. The number of hydrogen-bond acceptors (Lipinski definition) is 3. The van der Waals surface area contributed by atoms with Gasteiger partial charge in [-0.15, -0.1) is 11.6 Å². The maximum atomic E-state index is 11.5. The standard InChI is InChI=1S/C10H12ClNO3/c11-5-2-6-12-10(15)7-3-1-4-8(13)9(7)14/h1,3-4,13-14H,2,5-6H2,(H,12,15). The SMILES string of the molecule is O=C(NCCCCl)c1cccc(O)c1O. The fourth-order valence-electron chi connectivity index (χ4n) is 1.08. The second-order valence-electron chi connectivity index (χ2n) is 2.97. The highest BCUT2D eigenvalue weighted by Gasteiger charge is 2.12. The van der Waals surface area contributed by atoms with Crippen LogP contribution in [0, 0.1) is 0 Å². The smallest absolute Gasteiger partial charge is 0.255 e. The number of para-hydroxylation sites is 1. The molecule has 1 aromatic carbocycles. The summed E-state index contributed by atoms with van der Waals surface area (Å²) in [5.41, 5.74) is 0.0598. The molecule has 0 saturated carbocycles. The van der Waals surface area contributed by atoms with Gasteiger partial charge in [-0.2, -0.15) is 0 Å². The highest BCUT2D eigenvalue weighted by atomic mass is 35.5. The second kappa shape index (κ2) is 5.46. The van der Waals surface area contributed by atoms with E-state index in [1.165, 1.54) is 18.2 Å². The number of alkyl halides is 1. The summed E-state index contributed by atoms with van der Waals surface area (Å²) in [7, 11) is 0. The van der Waals surface area contributed by atoms with Crippen molar-refractivity contribution >= 4 is 17.5 Å². The molecule has 0 atom stereocenters. The molecule has 0 aliphatic rings. The van der Waals surface area contributed by atoms with Gasteiger partial charge in [-0.25, -0.2) is 0 Å². The molecule has 1 rings (SSSR count). The van der Waals surface area contributed by atoms with Gasteiger partial charge in [0.2, 0.25) is 0 Å². The van der Waals surface area contributed by atoms with Crippen LogP contribution in [-0.2, 0) is 0 Å². The zero-order valence-corrected chi connectivity index (χ0v) is 8.79. The first-order chi connectivity index (χ1) is 7.16. The molecular weight excluding hydrogens is 218 g/mol. The third-order valence-corrected chi connectivity index (χ3v) is 2.12. The summed E-state index contributed by atoms with van der Waals surface area (Å²) in [6, 6.07) is 4.24. The number of aromatic hydroxyl groups is 2. The Morgan fingerprint density at radius 2 is 2.13 bits per heavy atom. The van der Waals surface area contributed by atoms with Gasteiger partial charge in [-0.3, -0.25) is 4.79 Å². The lowest BCUT2D eigenvalue weighted by molar-refractivity contribution is 0.0950. The normalized spacial score (nSPS) is 9.93. The van der Waals surface area contributed by atoms with Crippen LogP contribution >= 0.6 is 11.6 Å². The van der Waals surface area contributed by atoms with E-state index >= 15 is 0 Å². The molecule has 0 saturated heterocycles. The van der Waals surface area contributed by atoms with E-state index in [9.17, 15) is 9.90 Å². The number of nitrogens with one attached hydrogen (secondary N) is 1. The van der Waals surface area contributed by atoms with Crippen LogP contribution in [0.5, 0.6) is 11.5 Å². The van der Waals surface area contributed by atoms with Crippen molar-refractivity contribution in [2.24, 2.45) is 0 Å². The summed E-state index contributed by atoms with van der Waals surface area (Å²) >= 11 is 5.45. The number of amides is 1. The van der Waals surface area contributed by atoms with Gasteiger partial charge in [0.1, 0.15) is 0 Å². The van der Waals surface area contributed by atoms with Gasteiger partial charge in [-0.05, 0) is 18.6 Å². The van der Waals surface area contributed by atoms with Gasteiger partial charge in [-0.1, -0.05) is 6.07 Å². The summed E-state index contributed by atoms with van der Waals surface area (Å²) in [4.78, 5) is 11.5. The number of benzene rings is 1. The molecule has 82 valence electrons. The zero-order valence-electron chi connectivity index (χ0n) is 8.03. The summed E-state index contributed by atoms with van der Waals surface area (Å²) in [5, 5.41) is 21.1. The third kappa shape index (κ3) is 3.02. The summed E-state index contributed by atoms with van der Waals surface area (Å²) < 4.78 is 0. The summed E-state index contributed by atoms with van der Waals surface area (Å²) in [6.07, 6.45) is 0.660. The molecule has 0 radical (unpaired) electrons. The van der Waals surface area contributed by atoms with Gasteiger partial charge in [0.15, 0.2) is 11.5 Å². The van der Waals surface area contributed by atoms with Crippen molar-refractivity contribution in [3.63, 3.8) is 0 Å². The van der Waals surface area contributed by atoms with Gasteiger partial charge in [0, 0.05) is 12.4 Å². The van der Waals surface area contributed by atoms with Crippen molar-refractivity contribution in [2.45, 2.75) is 6.42 Å². The average Bonchev–Trinajstić information content (AvgIpc) is 2.22. The lowest BCUT2D eigenvalue weighted by Crippen LogP contribution is -2.24. The highest BCUT2D eigenvalue weighted by molar-refractivity contribution is 6.17. The molecule has 0 aliphatic carbocycles. The van der Waals surface area contributed by atoms with Crippen LogP contribution in [0.15, 0.2) is 18.2 Å². The molecule has 1 amide bonds. The Hall–Kier alpha value is -1.42. The predicted molar refractivity (Wildman–Crippen MR) is 57.4 cm³/mol. The predicted octanol–water partition coefficient (Wildman–Crippen LogP) is 1.46. The molecule has 3 N–H and O–H groups in total. The van der Waals surface area contributed by atoms with E-state index < -0.39 is 11.7 Å². The molecule has 0 bridgehead atoms. The maximum Gasteiger partial charge on any atom is 0.255 e. The number of carbonyl (C=O) groups excluding carboxylic acids is 1. The largest absolute Gasteiger partial charge is 0.504 e. The van der Waals surface area contributed by atoms with Crippen molar-refractivity contribution in [1.82, 2.24) is 5.32 Å². The lowest BCUT2D eigenvalue weighted by Gasteiger charge is -2.06. The minimum absolute atomic E-state index is 0.0598. The fraction of sp³-hybridized carbons (Fsp3) is 0.300. The van der Waals surface area contributed by atoms with Gasteiger partial charge in [0.25, 0.3) is 5.91 Å². The lowest BCUT2D eigenvalue weighted by atomic mass is 10.1. The quantitative estimate of drug-likeness (QED) is 0.416. The van der Waals surface area contributed by atoms with E-state index in [1.807, 2.05) is 0 Å². The van der Waals surface area contributed by atoms with E-state index in [1.54, 1.807) is 0 Å². The van der Waals surface area contributed by atoms with Crippen LogP contribution in [0.25, 0.3) is 0 Å². The van der Waals surface area contributed by atoms with Gasteiger partial charge in [0.05, 0.1) is 5.56 Å². The van der Waals surface area contributed by atoms with Crippen molar-refractivity contribution in [3.8, 4) is 11.5 Å². The molecule has 0 fully saturated rings. The highest BCUT2D eigenvalue weighted by Crippen LogP contribution is 2.27. The van der Waals surface area contributed by atoms with Gasteiger partial charge >= 0.3 is 0 Å². The first kappa shape index (κ1) is 11.7. The number of halogens is 1. The Morgan fingerprint density at radius 1 is 1.40 bits per heavy atom. The molecule has 0 spiro atoms. The number of carbonyl (C=O) groups is 1. The third-order valence-electron chi connectivity index (χ3n) is 1.86. The van der Waals surface area contributed by atoms with Crippen LogP contribution in [0.4, 0.5) is 0 Å². The summed E-state index contributed by atoms with van der Waals surface area (Å²) in [5.74, 6) is -0.666. The Labute approximate surface area is 92.5 Å². The van der Waals surface area contributed by atoms with Crippen LogP contribution in [-0.4, -0.2) is 28.5 Å². The average molecular weight is 230 g/mol. The van der Waals surface area contributed by atoms with E-state index in [0.717, 1.165) is 0 Å².